The molecule has 2 rings (SSSR count). The number of piperidine rings is 1. The summed E-state index contributed by atoms with van der Waals surface area (Å²) in [6.45, 7) is 2.22. The standard InChI is InChI=1S/C13H19BrFN3O2S/c1-18-4-2-9(3-5-18)8-17-21(19,20)12-7-10(16)6-11(14)13(12)15/h6-7,9,17H,2-5,8,16H2,1H3. The van der Waals surface area contributed by atoms with Crippen LogP contribution in [0.3, 0.4) is 0 Å². The smallest absolute Gasteiger partial charge is 0.243 e. The molecule has 0 bridgehead atoms. The normalized spacial score (nSPS) is 18.0. The molecule has 5 nitrogen and oxygen atoms in total. The maximum Gasteiger partial charge on any atom is 0.243 e. The van der Waals surface area contributed by atoms with E-state index < -0.39 is 20.7 Å². The predicted molar refractivity (Wildman–Crippen MR) is 83.9 cm³/mol. The van der Waals surface area contributed by atoms with E-state index in [9.17, 15) is 12.8 Å². The molecule has 0 saturated carbocycles. The molecule has 0 atom stereocenters. The minimum atomic E-state index is -3.90. The average molecular weight is 380 g/mol. The van der Waals surface area contributed by atoms with Gasteiger partial charge in [-0.1, -0.05) is 0 Å². The number of nitrogens with one attached hydrogen (secondary N) is 1. The van der Waals surface area contributed by atoms with E-state index in [4.69, 9.17) is 5.73 Å². The molecule has 0 spiro atoms. The summed E-state index contributed by atoms with van der Waals surface area (Å²) in [5, 5.41) is 0. The first kappa shape index (κ1) is 16.7. The second-order valence-corrected chi connectivity index (χ2v) is 8.00. The Morgan fingerprint density at radius 2 is 2.05 bits per heavy atom. The zero-order chi connectivity index (χ0) is 15.6. The molecule has 0 unspecified atom stereocenters. The van der Waals surface area contributed by atoms with Gasteiger partial charge in [-0.2, -0.15) is 0 Å². The third-order valence-electron chi connectivity index (χ3n) is 3.71. The number of halogens is 2. The lowest BCUT2D eigenvalue weighted by Crippen LogP contribution is -2.37. The van der Waals surface area contributed by atoms with Crippen molar-refractivity contribution in [2.45, 2.75) is 17.7 Å². The molecule has 0 radical (unpaired) electrons. The summed E-state index contributed by atoms with van der Waals surface area (Å²) in [6, 6.07) is 2.47. The SMILES string of the molecule is CN1CCC(CNS(=O)(=O)c2cc(N)cc(Br)c2F)CC1. The Kier molecular flexibility index (Phi) is 5.24. The van der Waals surface area contributed by atoms with E-state index in [1.807, 2.05) is 7.05 Å². The fourth-order valence-corrected chi connectivity index (χ4v) is 4.21. The summed E-state index contributed by atoms with van der Waals surface area (Å²) in [5.74, 6) is -0.538. The highest BCUT2D eigenvalue weighted by Gasteiger charge is 2.24. The van der Waals surface area contributed by atoms with Crippen LogP contribution in [0.15, 0.2) is 21.5 Å². The molecule has 1 aliphatic heterocycles. The van der Waals surface area contributed by atoms with Crippen molar-refractivity contribution in [2.75, 3.05) is 32.4 Å². The molecule has 21 heavy (non-hydrogen) atoms. The molecule has 1 aromatic rings. The van der Waals surface area contributed by atoms with Gasteiger partial charge in [-0.15, -0.1) is 0 Å². The van der Waals surface area contributed by atoms with E-state index in [1.165, 1.54) is 6.07 Å². The van der Waals surface area contributed by atoms with E-state index in [1.54, 1.807) is 0 Å². The minimum Gasteiger partial charge on any atom is -0.399 e. The largest absolute Gasteiger partial charge is 0.399 e. The van der Waals surface area contributed by atoms with Crippen molar-refractivity contribution in [1.82, 2.24) is 9.62 Å². The monoisotopic (exact) mass is 379 g/mol. The molecule has 1 aliphatic rings. The zero-order valence-electron chi connectivity index (χ0n) is 11.8. The first-order chi connectivity index (χ1) is 9.79. The average Bonchev–Trinajstić information content (AvgIpc) is 2.42. The predicted octanol–water partition coefficient (Wildman–Crippen LogP) is 1.79. The summed E-state index contributed by atoms with van der Waals surface area (Å²) in [6.07, 6.45) is 1.87. The van der Waals surface area contributed by atoms with Crippen molar-refractivity contribution >= 4 is 31.6 Å². The van der Waals surface area contributed by atoms with Crippen molar-refractivity contribution < 1.29 is 12.8 Å². The minimum absolute atomic E-state index is 0.0437. The van der Waals surface area contributed by atoms with Crippen LogP contribution in [0.2, 0.25) is 0 Å². The van der Waals surface area contributed by atoms with Crippen LogP contribution in [0, 0.1) is 11.7 Å². The third kappa shape index (κ3) is 4.15. The molecule has 0 amide bonds. The molecular weight excluding hydrogens is 361 g/mol. The first-order valence-electron chi connectivity index (χ1n) is 6.72. The number of anilines is 1. The highest BCUT2D eigenvalue weighted by atomic mass is 79.9. The van der Waals surface area contributed by atoms with Gasteiger partial charge in [0.2, 0.25) is 10.0 Å². The van der Waals surface area contributed by atoms with Gasteiger partial charge in [-0.25, -0.2) is 17.5 Å². The Morgan fingerprint density at radius 3 is 2.67 bits per heavy atom. The van der Waals surface area contributed by atoms with Gasteiger partial charge in [-0.3, -0.25) is 0 Å². The van der Waals surface area contributed by atoms with Gasteiger partial charge >= 0.3 is 0 Å². The molecule has 0 aromatic heterocycles. The van der Waals surface area contributed by atoms with Crippen LogP contribution < -0.4 is 10.5 Å². The number of likely N-dealkylation sites (tertiary alicyclic amines) is 1. The molecule has 8 heteroatoms. The lowest BCUT2D eigenvalue weighted by atomic mass is 9.98. The van der Waals surface area contributed by atoms with Crippen LogP contribution in [0.4, 0.5) is 10.1 Å². The van der Waals surface area contributed by atoms with Gasteiger partial charge in [0.1, 0.15) is 4.90 Å². The van der Waals surface area contributed by atoms with Crippen LogP contribution in [-0.4, -0.2) is 40.0 Å². The van der Waals surface area contributed by atoms with E-state index in [0.29, 0.717) is 6.54 Å². The maximum absolute atomic E-state index is 14.0. The number of rotatable bonds is 4. The van der Waals surface area contributed by atoms with Crippen molar-refractivity contribution in [3.63, 3.8) is 0 Å². The van der Waals surface area contributed by atoms with Crippen LogP contribution in [-0.2, 0) is 10.0 Å². The van der Waals surface area contributed by atoms with E-state index in [2.05, 4.69) is 25.6 Å². The van der Waals surface area contributed by atoms with Gasteiger partial charge < -0.3 is 10.6 Å². The van der Waals surface area contributed by atoms with Crippen molar-refractivity contribution in [3.8, 4) is 0 Å². The molecule has 3 N–H and O–H groups in total. The van der Waals surface area contributed by atoms with Crippen LogP contribution in [0.1, 0.15) is 12.8 Å². The summed E-state index contributed by atoms with van der Waals surface area (Å²) in [4.78, 5) is 1.79. The van der Waals surface area contributed by atoms with Crippen molar-refractivity contribution in [1.29, 1.82) is 0 Å². The quantitative estimate of drug-likeness (QED) is 0.781. The van der Waals surface area contributed by atoms with Gasteiger partial charge in [0.05, 0.1) is 4.47 Å². The Morgan fingerprint density at radius 1 is 1.43 bits per heavy atom. The fourth-order valence-electron chi connectivity index (χ4n) is 2.35. The lowest BCUT2D eigenvalue weighted by molar-refractivity contribution is 0.220. The first-order valence-corrected chi connectivity index (χ1v) is 9.00. The summed E-state index contributed by atoms with van der Waals surface area (Å²) < 4.78 is 41.0. The van der Waals surface area contributed by atoms with Gasteiger partial charge in [-0.05, 0) is 67.0 Å². The Labute approximate surface area is 132 Å². The molecule has 118 valence electrons. The maximum atomic E-state index is 14.0. The van der Waals surface area contributed by atoms with Crippen molar-refractivity contribution in [3.05, 3.63) is 22.4 Å². The molecular formula is C13H19BrFN3O2S. The zero-order valence-corrected chi connectivity index (χ0v) is 14.2. The van der Waals surface area contributed by atoms with Crippen LogP contribution >= 0.6 is 15.9 Å². The van der Waals surface area contributed by atoms with Crippen LogP contribution in [0.5, 0.6) is 0 Å². The number of nitrogens with two attached hydrogens (primary N) is 1. The Balaban J connectivity index is 2.09. The van der Waals surface area contributed by atoms with Gasteiger partial charge in [0.15, 0.2) is 5.82 Å². The second-order valence-electron chi connectivity index (χ2n) is 5.41. The van der Waals surface area contributed by atoms with E-state index in [0.717, 1.165) is 32.0 Å². The van der Waals surface area contributed by atoms with E-state index >= 15 is 0 Å². The molecule has 1 heterocycles. The highest BCUT2D eigenvalue weighted by Crippen LogP contribution is 2.26. The summed E-state index contributed by atoms with van der Waals surface area (Å²) >= 11 is 2.97. The Hall–Kier alpha value is -0.700. The number of hydrogen-bond acceptors (Lipinski definition) is 4. The molecule has 1 aromatic carbocycles. The number of nitrogen functional groups attached to an aromatic ring is 1. The number of hydrogen-bond donors (Lipinski definition) is 2. The number of sulfonamides is 1. The topological polar surface area (TPSA) is 75.4 Å². The second kappa shape index (κ2) is 6.60. The van der Waals surface area contributed by atoms with Crippen LogP contribution in [0.25, 0.3) is 0 Å². The molecule has 1 fully saturated rings. The highest BCUT2D eigenvalue weighted by molar-refractivity contribution is 9.10. The fraction of sp³-hybridized carbons (Fsp3) is 0.538. The van der Waals surface area contributed by atoms with Gasteiger partial charge in [0, 0.05) is 12.2 Å². The molecule has 0 aliphatic carbocycles. The van der Waals surface area contributed by atoms with Gasteiger partial charge in [0.25, 0.3) is 0 Å². The number of nitrogens with zero attached hydrogens (tertiary/aromatic N) is 1. The third-order valence-corrected chi connectivity index (χ3v) is 5.71. The molecule has 1 saturated heterocycles. The Bertz CT molecular complexity index is 616. The summed E-state index contributed by atoms with van der Waals surface area (Å²) in [7, 11) is -1.86. The lowest BCUT2D eigenvalue weighted by Gasteiger charge is -2.28. The summed E-state index contributed by atoms with van der Waals surface area (Å²) in [5.41, 5.74) is 5.78. The van der Waals surface area contributed by atoms with Crippen molar-refractivity contribution in [2.24, 2.45) is 5.92 Å². The van der Waals surface area contributed by atoms with E-state index in [-0.39, 0.29) is 16.1 Å². The number of benzene rings is 1.